The molecule has 1 aromatic rings. The van der Waals surface area contributed by atoms with Gasteiger partial charge in [0.15, 0.2) is 9.84 Å². The van der Waals surface area contributed by atoms with Gasteiger partial charge in [0, 0.05) is 18.0 Å². The van der Waals surface area contributed by atoms with Gasteiger partial charge in [0.2, 0.25) is 5.91 Å². The molecule has 0 aliphatic heterocycles. The average Bonchev–Trinajstić information content (AvgIpc) is 2.21. The van der Waals surface area contributed by atoms with Crippen LogP contribution in [0.1, 0.15) is 13.8 Å². The summed E-state index contributed by atoms with van der Waals surface area (Å²) in [5, 5.41) is 11.9. The highest BCUT2D eigenvalue weighted by molar-refractivity contribution is 7.92. The van der Waals surface area contributed by atoms with Crippen LogP contribution in [0.2, 0.25) is 5.02 Å². The van der Waals surface area contributed by atoms with Crippen LogP contribution in [0, 0.1) is 0 Å². The lowest BCUT2D eigenvalue weighted by atomic mass is 10.2. The number of anilines is 1. The van der Waals surface area contributed by atoms with E-state index in [1.807, 2.05) is 0 Å². The van der Waals surface area contributed by atoms with E-state index < -0.39 is 20.5 Å². The maximum atomic E-state index is 11.9. The van der Waals surface area contributed by atoms with Crippen LogP contribution in [0.3, 0.4) is 0 Å². The van der Waals surface area contributed by atoms with Crippen LogP contribution in [0.25, 0.3) is 0 Å². The van der Waals surface area contributed by atoms with Gasteiger partial charge in [-0.3, -0.25) is 4.79 Å². The van der Waals surface area contributed by atoms with Crippen LogP contribution < -0.4 is 5.32 Å². The summed E-state index contributed by atoms with van der Waals surface area (Å²) >= 11 is 5.62. The first-order valence-corrected chi connectivity index (χ1v) is 7.32. The molecule has 0 atom stereocenters. The molecule has 7 heteroatoms. The van der Waals surface area contributed by atoms with Crippen LogP contribution in [-0.2, 0) is 14.6 Å². The van der Waals surface area contributed by atoms with E-state index in [0.29, 0.717) is 0 Å². The summed E-state index contributed by atoms with van der Waals surface area (Å²) in [6.45, 7) is 2.63. The third-order valence-electron chi connectivity index (χ3n) is 2.68. The van der Waals surface area contributed by atoms with Crippen molar-refractivity contribution in [2.75, 3.05) is 11.6 Å². The van der Waals surface area contributed by atoms with Crippen molar-refractivity contribution in [3.05, 3.63) is 23.2 Å². The molecule has 0 radical (unpaired) electrons. The van der Waals surface area contributed by atoms with E-state index in [9.17, 15) is 18.3 Å². The van der Waals surface area contributed by atoms with Crippen molar-refractivity contribution in [1.82, 2.24) is 0 Å². The number of phenols is 1. The van der Waals surface area contributed by atoms with E-state index in [1.54, 1.807) is 0 Å². The van der Waals surface area contributed by atoms with Crippen LogP contribution in [0.4, 0.5) is 5.69 Å². The zero-order valence-corrected chi connectivity index (χ0v) is 11.8. The zero-order chi connectivity index (χ0) is 14.1. The van der Waals surface area contributed by atoms with Gasteiger partial charge in [-0.25, -0.2) is 8.42 Å². The Morgan fingerprint density at radius 3 is 2.39 bits per heavy atom. The van der Waals surface area contributed by atoms with Crippen molar-refractivity contribution in [2.24, 2.45) is 0 Å². The molecule has 0 heterocycles. The number of nitrogens with one attached hydrogen (secondary N) is 1. The van der Waals surface area contributed by atoms with Gasteiger partial charge in [-0.05, 0) is 26.0 Å². The van der Waals surface area contributed by atoms with Crippen molar-refractivity contribution in [3.8, 4) is 5.75 Å². The number of hydrogen-bond acceptors (Lipinski definition) is 4. The highest BCUT2D eigenvalue weighted by Gasteiger charge is 2.38. The zero-order valence-electron chi connectivity index (χ0n) is 10.2. The number of aromatic hydroxyl groups is 1. The van der Waals surface area contributed by atoms with Crippen molar-refractivity contribution >= 4 is 33.0 Å². The Morgan fingerprint density at radius 1 is 1.39 bits per heavy atom. The van der Waals surface area contributed by atoms with E-state index in [4.69, 9.17) is 11.6 Å². The molecule has 0 unspecified atom stereocenters. The number of rotatable bonds is 3. The molecule has 1 amide bonds. The molecule has 18 heavy (non-hydrogen) atoms. The normalized spacial score (nSPS) is 12.2. The topological polar surface area (TPSA) is 83.5 Å². The van der Waals surface area contributed by atoms with E-state index in [2.05, 4.69) is 5.32 Å². The van der Waals surface area contributed by atoms with Gasteiger partial charge in [-0.1, -0.05) is 11.6 Å². The molecule has 0 aliphatic rings. The number of phenolic OH excluding ortho intramolecular Hbond substituents is 1. The Balaban J connectivity index is 2.99. The molecule has 0 aromatic heterocycles. The second-order valence-corrected chi connectivity index (χ2v) is 7.37. The molecule has 2 N–H and O–H groups in total. The summed E-state index contributed by atoms with van der Waals surface area (Å²) in [6.07, 6.45) is 0.992. The van der Waals surface area contributed by atoms with E-state index >= 15 is 0 Å². The molecule has 1 aromatic carbocycles. The van der Waals surface area contributed by atoms with Crippen LogP contribution in [-0.4, -0.2) is 30.4 Å². The molecule has 0 fully saturated rings. The standard InChI is InChI=1S/C11H14ClNO4S/c1-11(2,18(3,16)17)10(15)13-7-4-5-8(12)9(14)6-7/h4-6,14H,1-3H3,(H,13,15). The van der Waals surface area contributed by atoms with E-state index in [-0.39, 0.29) is 16.5 Å². The second-order valence-electron chi connectivity index (χ2n) is 4.40. The SMILES string of the molecule is CC(C)(C(=O)Nc1ccc(Cl)c(O)c1)S(C)(=O)=O. The van der Waals surface area contributed by atoms with Crippen LogP contribution in [0.5, 0.6) is 5.75 Å². The lowest BCUT2D eigenvalue weighted by Gasteiger charge is -2.21. The number of amides is 1. The first-order chi connectivity index (χ1) is 8.05. The summed E-state index contributed by atoms with van der Waals surface area (Å²) < 4.78 is 21.4. The fourth-order valence-electron chi connectivity index (χ4n) is 1.04. The molecule has 0 saturated heterocycles. The summed E-state index contributed by atoms with van der Waals surface area (Å²) in [6, 6.07) is 4.12. The van der Waals surface area contributed by atoms with Gasteiger partial charge in [0.05, 0.1) is 5.02 Å². The molecular formula is C11H14ClNO4S. The second kappa shape index (κ2) is 4.78. The Labute approximate surface area is 111 Å². The van der Waals surface area contributed by atoms with Gasteiger partial charge >= 0.3 is 0 Å². The molecule has 1 rings (SSSR count). The van der Waals surface area contributed by atoms with Gasteiger partial charge < -0.3 is 10.4 Å². The highest BCUT2D eigenvalue weighted by atomic mass is 35.5. The number of carbonyl (C=O) groups excluding carboxylic acids is 1. The fraction of sp³-hybridized carbons (Fsp3) is 0.364. The molecule has 0 spiro atoms. The molecule has 0 aliphatic carbocycles. The molecule has 5 nitrogen and oxygen atoms in total. The first-order valence-electron chi connectivity index (χ1n) is 5.05. The number of carbonyl (C=O) groups is 1. The molecular weight excluding hydrogens is 278 g/mol. The van der Waals surface area contributed by atoms with Crippen molar-refractivity contribution in [3.63, 3.8) is 0 Å². The fourth-order valence-corrected chi connectivity index (χ4v) is 1.55. The first kappa shape index (κ1) is 14.8. The van der Waals surface area contributed by atoms with Crippen LogP contribution in [0.15, 0.2) is 18.2 Å². The number of halogens is 1. The minimum atomic E-state index is -3.54. The van der Waals surface area contributed by atoms with Crippen molar-refractivity contribution < 1.29 is 18.3 Å². The summed E-state index contributed by atoms with van der Waals surface area (Å²) in [7, 11) is -3.54. The number of benzene rings is 1. The van der Waals surface area contributed by atoms with Gasteiger partial charge in [0.1, 0.15) is 10.5 Å². The number of hydrogen-bond donors (Lipinski definition) is 2. The van der Waals surface area contributed by atoms with Crippen molar-refractivity contribution in [1.29, 1.82) is 0 Å². The Kier molecular flexibility index (Phi) is 3.92. The Morgan fingerprint density at radius 2 is 1.94 bits per heavy atom. The minimum absolute atomic E-state index is 0.148. The number of sulfone groups is 1. The third-order valence-corrected chi connectivity index (χ3v) is 5.04. The lowest BCUT2D eigenvalue weighted by Crippen LogP contribution is -2.43. The maximum Gasteiger partial charge on any atom is 0.245 e. The van der Waals surface area contributed by atoms with Crippen molar-refractivity contribution in [2.45, 2.75) is 18.6 Å². The highest BCUT2D eigenvalue weighted by Crippen LogP contribution is 2.27. The Hall–Kier alpha value is -1.27. The molecule has 0 saturated carbocycles. The predicted octanol–water partition coefficient (Wildman–Crippen LogP) is 1.81. The maximum absolute atomic E-state index is 11.9. The lowest BCUT2D eigenvalue weighted by molar-refractivity contribution is -0.117. The van der Waals surface area contributed by atoms with Gasteiger partial charge in [0.25, 0.3) is 0 Å². The van der Waals surface area contributed by atoms with Gasteiger partial charge in [-0.15, -0.1) is 0 Å². The van der Waals surface area contributed by atoms with Gasteiger partial charge in [-0.2, -0.15) is 0 Å². The van der Waals surface area contributed by atoms with E-state index in [0.717, 1.165) is 6.26 Å². The van der Waals surface area contributed by atoms with E-state index in [1.165, 1.54) is 32.0 Å². The minimum Gasteiger partial charge on any atom is -0.506 e. The third kappa shape index (κ3) is 2.94. The van der Waals surface area contributed by atoms with Crippen LogP contribution >= 0.6 is 11.6 Å². The quantitative estimate of drug-likeness (QED) is 0.889. The summed E-state index contributed by atoms with van der Waals surface area (Å²) in [5.41, 5.74) is 0.277. The molecule has 0 bridgehead atoms. The smallest absolute Gasteiger partial charge is 0.245 e. The summed E-state index contributed by atoms with van der Waals surface area (Å²) in [5.74, 6) is -0.863. The Bertz CT molecular complexity index is 581. The molecule has 100 valence electrons. The average molecular weight is 292 g/mol. The largest absolute Gasteiger partial charge is 0.506 e. The monoisotopic (exact) mass is 291 g/mol. The summed E-state index contributed by atoms with van der Waals surface area (Å²) in [4.78, 5) is 11.9. The predicted molar refractivity (Wildman–Crippen MR) is 70.7 cm³/mol.